The molecule has 168 valence electrons. The lowest BCUT2D eigenvalue weighted by Crippen LogP contribution is -2.56. The number of carbonyl (C=O) groups excluding carboxylic acids is 2. The number of ether oxygens (including phenoxy) is 3. The van der Waals surface area contributed by atoms with Crippen LogP contribution in [0, 0.1) is 17.3 Å². The molecule has 0 aromatic heterocycles. The lowest BCUT2D eigenvalue weighted by atomic mass is 9.52. The summed E-state index contributed by atoms with van der Waals surface area (Å²) in [6.07, 6.45) is 7.53. The first-order valence-electron chi connectivity index (χ1n) is 11.3. The van der Waals surface area contributed by atoms with Crippen molar-refractivity contribution in [3.05, 3.63) is 47.5 Å². The van der Waals surface area contributed by atoms with Gasteiger partial charge < -0.3 is 19.3 Å². The molecule has 0 bridgehead atoms. The smallest absolute Gasteiger partial charge is 0.367 e. The van der Waals surface area contributed by atoms with Crippen LogP contribution in [0.5, 0.6) is 0 Å². The Bertz CT molecular complexity index is 834. The molecular weight excluding hydrogens is 396 g/mol. The number of unbranched alkanes of at least 4 members (excludes halogenated alkanes) is 1. The van der Waals surface area contributed by atoms with E-state index >= 15 is 0 Å². The molecule has 0 unspecified atom stereocenters. The summed E-state index contributed by atoms with van der Waals surface area (Å²) < 4.78 is 17.7. The molecule has 1 spiro atoms. The molecule has 4 atom stereocenters. The van der Waals surface area contributed by atoms with Gasteiger partial charge in [-0.1, -0.05) is 49.2 Å². The van der Waals surface area contributed by atoms with Crippen LogP contribution in [0.1, 0.15) is 50.5 Å². The van der Waals surface area contributed by atoms with Crippen molar-refractivity contribution in [2.24, 2.45) is 17.3 Å². The number of esters is 1. The Balaban J connectivity index is 1.77. The third kappa shape index (κ3) is 3.86. The van der Waals surface area contributed by atoms with Crippen molar-refractivity contribution in [1.29, 1.82) is 0 Å². The highest BCUT2D eigenvalue weighted by Gasteiger charge is 2.70. The quantitative estimate of drug-likeness (QED) is 0.406. The lowest BCUT2D eigenvalue weighted by molar-refractivity contribution is -0.245. The number of hydrogen-bond acceptors (Lipinski definition) is 6. The zero-order valence-electron chi connectivity index (χ0n) is 18.2. The predicted octanol–water partition coefficient (Wildman–Crippen LogP) is 3.57. The zero-order valence-corrected chi connectivity index (χ0v) is 18.2. The molecular formula is C25H32O6. The highest BCUT2D eigenvalue weighted by Crippen LogP contribution is 2.63. The maximum Gasteiger partial charge on any atom is 0.367 e. The van der Waals surface area contributed by atoms with Gasteiger partial charge in [0.2, 0.25) is 0 Å². The van der Waals surface area contributed by atoms with Gasteiger partial charge in [-0.2, -0.15) is 0 Å². The Labute approximate surface area is 183 Å². The van der Waals surface area contributed by atoms with E-state index in [2.05, 4.69) is 0 Å². The number of allylic oxidation sites excluding steroid dienone is 1. The van der Waals surface area contributed by atoms with E-state index in [4.69, 9.17) is 14.2 Å². The minimum Gasteiger partial charge on any atom is -0.465 e. The van der Waals surface area contributed by atoms with Gasteiger partial charge in [0.25, 0.3) is 5.79 Å². The van der Waals surface area contributed by atoms with Crippen LogP contribution in [0.4, 0.5) is 0 Å². The van der Waals surface area contributed by atoms with Gasteiger partial charge in [-0.05, 0) is 37.2 Å². The van der Waals surface area contributed by atoms with Crippen molar-refractivity contribution in [3.8, 4) is 0 Å². The van der Waals surface area contributed by atoms with Crippen LogP contribution in [0.15, 0.2) is 42.0 Å². The van der Waals surface area contributed by atoms with Crippen LogP contribution in [0.2, 0.25) is 0 Å². The molecule has 0 amide bonds. The average Bonchev–Trinajstić information content (AvgIpc) is 3.13. The van der Waals surface area contributed by atoms with E-state index in [1.165, 1.54) is 7.11 Å². The monoisotopic (exact) mass is 428 g/mol. The maximum absolute atomic E-state index is 13.3. The van der Waals surface area contributed by atoms with Crippen molar-refractivity contribution < 1.29 is 28.9 Å². The fraction of sp³-hybridized carbons (Fsp3) is 0.600. The summed E-state index contributed by atoms with van der Waals surface area (Å²) in [4.78, 5) is 26.5. The van der Waals surface area contributed by atoms with E-state index in [-0.39, 0.29) is 30.3 Å². The van der Waals surface area contributed by atoms with Crippen molar-refractivity contribution in [1.82, 2.24) is 0 Å². The first kappa shape index (κ1) is 22.2. The van der Waals surface area contributed by atoms with E-state index < -0.39 is 17.7 Å². The molecule has 6 nitrogen and oxygen atoms in total. The molecule has 31 heavy (non-hydrogen) atoms. The molecule has 1 N–H and O–H groups in total. The van der Waals surface area contributed by atoms with Crippen LogP contribution in [-0.2, 0) is 30.4 Å². The number of aliphatic hydroxyl groups excluding tert-OH is 1. The minimum absolute atomic E-state index is 0.0551. The van der Waals surface area contributed by atoms with Gasteiger partial charge in [-0.3, -0.25) is 4.79 Å². The SMILES string of the molecule is COC(=O)[C@@]1(OCc2ccccc2)OC[C@]23CCCC[C@@H]2CC(=O)/C(=C\CCCO)[C@H]13. The first-order chi connectivity index (χ1) is 15.1. The van der Waals surface area contributed by atoms with E-state index in [0.29, 0.717) is 31.4 Å². The summed E-state index contributed by atoms with van der Waals surface area (Å²) in [6.45, 7) is 0.627. The van der Waals surface area contributed by atoms with Crippen LogP contribution >= 0.6 is 0 Å². The average molecular weight is 429 g/mol. The Morgan fingerprint density at radius 1 is 1.29 bits per heavy atom. The van der Waals surface area contributed by atoms with Crippen molar-refractivity contribution >= 4 is 11.8 Å². The predicted molar refractivity (Wildman–Crippen MR) is 114 cm³/mol. The summed E-state index contributed by atoms with van der Waals surface area (Å²) in [5.74, 6) is -2.48. The Kier molecular flexibility index (Phi) is 6.60. The first-order valence-corrected chi connectivity index (χ1v) is 11.3. The second-order valence-corrected chi connectivity index (χ2v) is 8.98. The van der Waals surface area contributed by atoms with E-state index in [1.54, 1.807) is 0 Å². The number of hydrogen-bond donors (Lipinski definition) is 1. The van der Waals surface area contributed by atoms with Crippen LogP contribution < -0.4 is 0 Å². The summed E-state index contributed by atoms with van der Waals surface area (Å²) in [7, 11) is 1.34. The van der Waals surface area contributed by atoms with Crippen LogP contribution in [0.25, 0.3) is 0 Å². The Morgan fingerprint density at radius 3 is 2.84 bits per heavy atom. The number of aliphatic hydroxyl groups is 1. The molecule has 1 saturated heterocycles. The number of benzene rings is 1. The highest BCUT2D eigenvalue weighted by atomic mass is 16.7. The Morgan fingerprint density at radius 2 is 2.10 bits per heavy atom. The second-order valence-electron chi connectivity index (χ2n) is 8.98. The summed E-state index contributed by atoms with van der Waals surface area (Å²) in [6, 6.07) is 9.63. The molecule has 6 heteroatoms. The van der Waals surface area contributed by atoms with Gasteiger partial charge in [0.05, 0.1) is 26.2 Å². The zero-order chi connectivity index (χ0) is 21.9. The van der Waals surface area contributed by atoms with Crippen molar-refractivity contribution in [3.63, 3.8) is 0 Å². The number of Topliss-reactive ketones (excluding diaryl/α,β-unsaturated/α-hetero) is 1. The molecule has 0 radical (unpaired) electrons. The summed E-state index contributed by atoms with van der Waals surface area (Å²) in [5.41, 5.74) is 1.23. The topological polar surface area (TPSA) is 82.1 Å². The minimum atomic E-state index is -1.64. The van der Waals surface area contributed by atoms with E-state index in [0.717, 1.165) is 31.2 Å². The molecule has 4 rings (SSSR count). The number of methoxy groups -OCH3 is 1. The van der Waals surface area contributed by atoms with Crippen molar-refractivity contribution in [2.75, 3.05) is 20.3 Å². The van der Waals surface area contributed by atoms with Gasteiger partial charge >= 0.3 is 5.97 Å². The van der Waals surface area contributed by atoms with Crippen LogP contribution in [-0.4, -0.2) is 43.0 Å². The van der Waals surface area contributed by atoms with Gasteiger partial charge in [0, 0.05) is 24.0 Å². The van der Waals surface area contributed by atoms with E-state index in [9.17, 15) is 14.7 Å². The van der Waals surface area contributed by atoms with Crippen molar-refractivity contribution in [2.45, 2.75) is 57.3 Å². The molecule has 3 aliphatic rings. The summed E-state index contributed by atoms with van der Waals surface area (Å²) in [5, 5.41) is 9.24. The van der Waals surface area contributed by atoms with Gasteiger partial charge in [0.15, 0.2) is 5.78 Å². The number of ketones is 1. The fourth-order valence-corrected chi connectivity index (χ4v) is 5.86. The molecule has 1 aromatic carbocycles. The van der Waals surface area contributed by atoms with Gasteiger partial charge in [-0.15, -0.1) is 0 Å². The second kappa shape index (κ2) is 9.23. The molecule has 2 saturated carbocycles. The fourth-order valence-electron chi connectivity index (χ4n) is 5.86. The number of rotatable bonds is 7. The molecule has 2 aliphatic carbocycles. The third-order valence-corrected chi connectivity index (χ3v) is 7.33. The maximum atomic E-state index is 13.3. The number of carbonyl (C=O) groups is 2. The van der Waals surface area contributed by atoms with Gasteiger partial charge in [-0.25, -0.2) is 4.79 Å². The highest BCUT2D eigenvalue weighted by molar-refractivity contribution is 5.99. The molecule has 1 aliphatic heterocycles. The van der Waals surface area contributed by atoms with Crippen LogP contribution in [0.3, 0.4) is 0 Å². The largest absolute Gasteiger partial charge is 0.465 e. The van der Waals surface area contributed by atoms with Gasteiger partial charge in [0.1, 0.15) is 0 Å². The summed E-state index contributed by atoms with van der Waals surface area (Å²) >= 11 is 0. The normalized spacial score (nSPS) is 33.7. The lowest BCUT2D eigenvalue weighted by Gasteiger charge is -2.50. The molecule has 1 heterocycles. The Hall–Kier alpha value is -2.02. The third-order valence-electron chi connectivity index (χ3n) is 7.33. The molecule has 1 aromatic rings. The standard InChI is InChI=1S/C25H32O6/c1-29-23(28)25(30-16-18-9-3-2-4-10-18)22-20(12-6-8-14-26)21(27)15-19-11-5-7-13-24(19,22)17-31-25/h2-4,9-10,12,19,22,26H,5-8,11,13-17H2,1H3/b20-12+/t19-,22+,24-,25+/m1/s1. The molecule has 3 fully saturated rings. The van der Waals surface area contributed by atoms with E-state index in [1.807, 2.05) is 36.4 Å².